The third-order valence-corrected chi connectivity index (χ3v) is 1.73. The Morgan fingerprint density at radius 2 is 1.69 bits per heavy atom. The standard InChI is InChI=1S/C11H15NO/c1-11(2,3)12(13)9-10-7-5-4-6-8-10/h4-9H,1-3H3/b12-9+/i9+2. The largest absolute Gasteiger partial charge is 0.623 e. The maximum atomic E-state index is 11.5. The van der Waals surface area contributed by atoms with Crippen LogP contribution in [0.2, 0.25) is 0 Å². The second kappa shape index (κ2) is 3.60. The van der Waals surface area contributed by atoms with E-state index < -0.39 is 0 Å². The molecule has 0 spiro atoms. The third-order valence-electron chi connectivity index (χ3n) is 1.73. The summed E-state index contributed by atoms with van der Waals surface area (Å²) >= 11 is 0. The zero-order chi connectivity index (χ0) is 9.90. The first kappa shape index (κ1) is 9.78. The lowest BCUT2D eigenvalue weighted by atomic mass is 10.1. The summed E-state index contributed by atoms with van der Waals surface area (Å²) in [6.07, 6.45) is 1.61. The average molecular weight is 179 g/mol. The van der Waals surface area contributed by atoms with Crippen LogP contribution in [-0.4, -0.2) is 16.5 Å². The van der Waals surface area contributed by atoms with E-state index in [0.717, 1.165) is 10.3 Å². The first-order valence-electron chi connectivity index (χ1n) is 4.36. The van der Waals surface area contributed by atoms with Crippen LogP contribution in [0, 0.1) is 5.21 Å². The highest BCUT2D eigenvalue weighted by molar-refractivity contribution is 5.75. The molecule has 0 unspecified atom stereocenters. The Balaban J connectivity index is 2.90. The normalized spacial score (nSPS) is 13.0. The molecule has 1 aromatic carbocycles. The number of hydroxylamine groups is 1. The second-order valence-corrected chi connectivity index (χ2v) is 4.04. The molecule has 0 aromatic heterocycles. The van der Waals surface area contributed by atoms with Gasteiger partial charge in [0.1, 0.15) is 0 Å². The molecular weight excluding hydrogens is 164 g/mol. The molecule has 0 fully saturated rings. The van der Waals surface area contributed by atoms with Crippen molar-refractivity contribution in [2.24, 2.45) is 0 Å². The van der Waals surface area contributed by atoms with Gasteiger partial charge in [0.25, 0.3) is 0 Å². The first-order valence-corrected chi connectivity index (χ1v) is 4.36. The van der Waals surface area contributed by atoms with Crippen LogP contribution in [-0.2, 0) is 0 Å². The fraction of sp³-hybridized carbons (Fsp3) is 0.364. The van der Waals surface area contributed by atoms with Gasteiger partial charge in [0.05, 0.1) is 0 Å². The van der Waals surface area contributed by atoms with Crippen molar-refractivity contribution < 1.29 is 4.74 Å². The number of hydrogen-bond acceptors (Lipinski definition) is 1. The lowest BCUT2D eigenvalue weighted by molar-refractivity contribution is -0.530. The fourth-order valence-electron chi connectivity index (χ4n) is 0.868. The summed E-state index contributed by atoms with van der Waals surface area (Å²) in [6, 6.07) is 9.60. The Morgan fingerprint density at radius 3 is 2.15 bits per heavy atom. The van der Waals surface area contributed by atoms with Gasteiger partial charge in [-0.25, -0.2) is 4.74 Å². The number of benzene rings is 1. The van der Waals surface area contributed by atoms with Gasteiger partial charge in [-0.05, 0) is 12.1 Å². The molecule has 0 N–H and O–H groups in total. The van der Waals surface area contributed by atoms with Crippen LogP contribution in [0.5, 0.6) is 0 Å². The van der Waals surface area contributed by atoms with Crippen molar-refractivity contribution in [3.8, 4) is 0 Å². The lowest BCUT2D eigenvalue weighted by Gasteiger charge is -2.18. The van der Waals surface area contributed by atoms with E-state index in [1.807, 2.05) is 51.1 Å². The maximum Gasteiger partial charge on any atom is 0.182 e. The first-order chi connectivity index (χ1) is 6.00. The highest BCUT2D eigenvalue weighted by Gasteiger charge is 2.17. The van der Waals surface area contributed by atoms with Crippen molar-refractivity contribution in [2.75, 3.05) is 0 Å². The summed E-state index contributed by atoms with van der Waals surface area (Å²) < 4.78 is 0.975. The van der Waals surface area contributed by atoms with Gasteiger partial charge >= 0.3 is 0 Å². The monoisotopic (exact) mass is 179 g/mol. The van der Waals surface area contributed by atoms with Crippen LogP contribution >= 0.6 is 0 Å². The smallest absolute Gasteiger partial charge is 0.182 e. The van der Waals surface area contributed by atoms with Gasteiger partial charge in [-0.15, -0.1) is 0 Å². The molecule has 0 saturated carbocycles. The van der Waals surface area contributed by atoms with Gasteiger partial charge in [-0.3, -0.25) is 0 Å². The molecule has 1 rings (SSSR count). The van der Waals surface area contributed by atoms with Crippen molar-refractivity contribution in [1.82, 2.24) is 0 Å². The van der Waals surface area contributed by atoms with Gasteiger partial charge in [-0.1, -0.05) is 18.2 Å². The van der Waals surface area contributed by atoms with Gasteiger partial charge in [0.2, 0.25) is 0 Å². The molecule has 1 aromatic rings. The zero-order valence-electron chi connectivity index (χ0n) is 8.32. The van der Waals surface area contributed by atoms with Crippen LogP contribution in [0.1, 0.15) is 26.3 Å². The predicted molar refractivity (Wildman–Crippen MR) is 55.0 cm³/mol. The number of hydrogen-bond donors (Lipinski definition) is 0. The molecule has 0 heterocycles. The van der Waals surface area contributed by atoms with E-state index in [2.05, 4.69) is 0 Å². The van der Waals surface area contributed by atoms with Crippen LogP contribution in [0.4, 0.5) is 0 Å². The Bertz CT molecular complexity index is 296. The van der Waals surface area contributed by atoms with Gasteiger partial charge in [0, 0.05) is 26.3 Å². The van der Waals surface area contributed by atoms with E-state index in [4.69, 9.17) is 0 Å². The molecular formula is C11H15NO. The van der Waals surface area contributed by atoms with E-state index in [1.54, 1.807) is 6.21 Å². The minimum atomic E-state index is -0.365. The molecule has 0 atom stereocenters. The lowest BCUT2D eigenvalue weighted by Crippen LogP contribution is -2.29. The minimum absolute atomic E-state index is 0.365. The summed E-state index contributed by atoms with van der Waals surface area (Å²) in [5.41, 5.74) is 0.572. The quantitative estimate of drug-likeness (QED) is 0.281. The van der Waals surface area contributed by atoms with E-state index in [0.29, 0.717) is 0 Å². The highest BCUT2D eigenvalue weighted by Crippen LogP contribution is 2.05. The van der Waals surface area contributed by atoms with Crippen molar-refractivity contribution >= 4 is 6.21 Å². The molecule has 0 aliphatic carbocycles. The Kier molecular flexibility index (Phi) is 2.71. The summed E-state index contributed by atoms with van der Waals surface area (Å²) in [4.78, 5) is 0. The summed E-state index contributed by atoms with van der Waals surface area (Å²) in [7, 11) is 0. The summed E-state index contributed by atoms with van der Waals surface area (Å²) in [5.74, 6) is 0. The van der Waals surface area contributed by atoms with E-state index in [9.17, 15) is 5.21 Å². The SMILES string of the molecule is CC(C)(C)/[N+]([O-])=[14CH]\c1ccccc1. The summed E-state index contributed by atoms with van der Waals surface area (Å²) in [5, 5.41) is 11.5. The van der Waals surface area contributed by atoms with Crippen molar-refractivity contribution in [3.05, 3.63) is 41.1 Å². The number of nitrogens with zero attached hydrogens (tertiary/aromatic N) is 1. The van der Waals surface area contributed by atoms with Crippen LogP contribution < -0.4 is 0 Å². The Hall–Kier alpha value is -1.31. The van der Waals surface area contributed by atoms with Gasteiger partial charge in [0.15, 0.2) is 11.8 Å². The third kappa shape index (κ3) is 2.90. The van der Waals surface area contributed by atoms with E-state index in [1.165, 1.54) is 0 Å². The average Bonchev–Trinajstić information content (AvgIpc) is 2.04. The molecule has 2 heteroatoms. The Labute approximate surface area is 79.1 Å². The fourth-order valence-corrected chi connectivity index (χ4v) is 0.868. The van der Waals surface area contributed by atoms with Crippen LogP contribution in [0.25, 0.3) is 0 Å². The van der Waals surface area contributed by atoms with E-state index >= 15 is 0 Å². The van der Waals surface area contributed by atoms with Crippen molar-refractivity contribution in [1.29, 1.82) is 0 Å². The maximum absolute atomic E-state index is 11.5. The molecule has 0 bridgehead atoms. The van der Waals surface area contributed by atoms with Gasteiger partial charge < -0.3 is 5.21 Å². The molecule has 0 saturated heterocycles. The van der Waals surface area contributed by atoms with E-state index in [-0.39, 0.29) is 5.54 Å². The van der Waals surface area contributed by atoms with Crippen molar-refractivity contribution in [2.45, 2.75) is 26.3 Å². The van der Waals surface area contributed by atoms with Crippen molar-refractivity contribution in [3.63, 3.8) is 0 Å². The minimum Gasteiger partial charge on any atom is -0.623 e. The zero-order valence-corrected chi connectivity index (χ0v) is 8.32. The number of rotatable bonds is 1. The molecule has 0 aliphatic heterocycles. The van der Waals surface area contributed by atoms with Crippen LogP contribution in [0.3, 0.4) is 0 Å². The molecule has 0 aliphatic rings. The van der Waals surface area contributed by atoms with Gasteiger partial charge in [-0.2, -0.15) is 0 Å². The molecule has 2 nitrogen and oxygen atoms in total. The molecule has 70 valence electrons. The predicted octanol–water partition coefficient (Wildman–Crippen LogP) is 2.41. The Morgan fingerprint density at radius 1 is 1.15 bits per heavy atom. The summed E-state index contributed by atoms with van der Waals surface area (Å²) in [6.45, 7) is 5.66. The second-order valence-electron chi connectivity index (χ2n) is 4.04. The molecule has 0 radical (unpaired) electrons. The highest BCUT2D eigenvalue weighted by atomic mass is 16.5. The molecule has 13 heavy (non-hydrogen) atoms. The topological polar surface area (TPSA) is 26.1 Å². The van der Waals surface area contributed by atoms with Crippen LogP contribution in [0.15, 0.2) is 30.3 Å². The molecule has 0 amide bonds.